The maximum atomic E-state index is 10.8. The van der Waals surface area contributed by atoms with Crippen LogP contribution in [-0.4, -0.2) is 41.0 Å². The van der Waals surface area contributed by atoms with Gasteiger partial charge in [0, 0.05) is 0 Å². The first-order valence-electron chi connectivity index (χ1n) is 4.44. The summed E-state index contributed by atoms with van der Waals surface area (Å²) in [4.78, 5) is 10.8. The van der Waals surface area contributed by atoms with Crippen LogP contribution >= 0.6 is 0 Å². The SMILES string of the molecule is C[C@@](CO)(NC1CCCN1)C(=O)O. The second kappa shape index (κ2) is 4.04. The van der Waals surface area contributed by atoms with Crippen molar-refractivity contribution in [2.75, 3.05) is 13.2 Å². The number of carboxylic acid groups (broad SMARTS) is 1. The van der Waals surface area contributed by atoms with Crippen LogP contribution < -0.4 is 10.6 Å². The van der Waals surface area contributed by atoms with E-state index in [-0.39, 0.29) is 6.17 Å². The molecule has 2 atom stereocenters. The molecule has 0 aliphatic carbocycles. The molecule has 0 spiro atoms. The molecule has 1 aliphatic heterocycles. The fourth-order valence-corrected chi connectivity index (χ4v) is 1.37. The molecule has 76 valence electrons. The summed E-state index contributed by atoms with van der Waals surface area (Å²) in [5.74, 6) is -1.02. The van der Waals surface area contributed by atoms with Gasteiger partial charge < -0.3 is 15.5 Å². The van der Waals surface area contributed by atoms with Crippen molar-refractivity contribution in [2.45, 2.75) is 31.5 Å². The summed E-state index contributed by atoms with van der Waals surface area (Å²) >= 11 is 0. The Morgan fingerprint density at radius 1 is 1.77 bits per heavy atom. The number of carbonyl (C=O) groups is 1. The minimum atomic E-state index is -1.23. The molecule has 1 rings (SSSR count). The van der Waals surface area contributed by atoms with Crippen molar-refractivity contribution in [3.8, 4) is 0 Å². The lowest BCUT2D eigenvalue weighted by Gasteiger charge is -2.27. The number of aliphatic carboxylic acids is 1. The molecule has 1 fully saturated rings. The highest BCUT2D eigenvalue weighted by atomic mass is 16.4. The second-order valence-corrected chi connectivity index (χ2v) is 3.59. The van der Waals surface area contributed by atoms with Gasteiger partial charge in [0.15, 0.2) is 0 Å². The lowest BCUT2D eigenvalue weighted by molar-refractivity contribution is -0.146. The van der Waals surface area contributed by atoms with E-state index in [0.717, 1.165) is 19.4 Å². The molecule has 1 heterocycles. The summed E-state index contributed by atoms with van der Waals surface area (Å²) in [6, 6.07) is 0. The molecule has 0 radical (unpaired) electrons. The molecular formula is C8H16N2O3. The van der Waals surface area contributed by atoms with Gasteiger partial charge in [-0.15, -0.1) is 0 Å². The Morgan fingerprint density at radius 3 is 2.85 bits per heavy atom. The average Bonchev–Trinajstić information content (AvgIpc) is 2.56. The van der Waals surface area contributed by atoms with Crippen molar-refractivity contribution in [2.24, 2.45) is 0 Å². The van der Waals surface area contributed by atoms with E-state index in [4.69, 9.17) is 10.2 Å². The van der Waals surface area contributed by atoms with Gasteiger partial charge in [-0.1, -0.05) is 0 Å². The van der Waals surface area contributed by atoms with Crippen LogP contribution in [0.3, 0.4) is 0 Å². The van der Waals surface area contributed by atoms with Crippen molar-refractivity contribution < 1.29 is 15.0 Å². The molecule has 0 aromatic carbocycles. The molecule has 0 aromatic heterocycles. The molecule has 13 heavy (non-hydrogen) atoms. The number of hydrogen-bond acceptors (Lipinski definition) is 4. The van der Waals surface area contributed by atoms with Gasteiger partial charge in [-0.05, 0) is 26.3 Å². The first-order chi connectivity index (χ1) is 6.08. The molecular weight excluding hydrogens is 172 g/mol. The lowest BCUT2D eigenvalue weighted by atomic mass is 10.0. The molecule has 0 saturated carbocycles. The Labute approximate surface area is 77.1 Å². The smallest absolute Gasteiger partial charge is 0.326 e. The fourth-order valence-electron chi connectivity index (χ4n) is 1.37. The monoisotopic (exact) mass is 188 g/mol. The van der Waals surface area contributed by atoms with E-state index in [2.05, 4.69) is 10.6 Å². The molecule has 0 aromatic rings. The van der Waals surface area contributed by atoms with Crippen molar-refractivity contribution >= 4 is 5.97 Å². The van der Waals surface area contributed by atoms with Gasteiger partial charge in [-0.2, -0.15) is 0 Å². The standard InChI is InChI=1S/C8H16N2O3/c1-8(5-11,7(12)13)10-6-3-2-4-9-6/h6,9-11H,2-5H2,1H3,(H,12,13)/t6?,8-/m0/s1. The number of carboxylic acids is 1. The van der Waals surface area contributed by atoms with Crippen LogP contribution in [0.5, 0.6) is 0 Å². The zero-order valence-corrected chi connectivity index (χ0v) is 7.71. The van der Waals surface area contributed by atoms with E-state index in [1.54, 1.807) is 0 Å². The van der Waals surface area contributed by atoms with Crippen molar-refractivity contribution in [3.63, 3.8) is 0 Å². The molecule has 0 bridgehead atoms. The Hall–Kier alpha value is -0.650. The summed E-state index contributed by atoms with van der Waals surface area (Å²) in [7, 11) is 0. The number of hydrogen-bond donors (Lipinski definition) is 4. The number of aliphatic hydroxyl groups is 1. The third kappa shape index (κ3) is 2.40. The first-order valence-corrected chi connectivity index (χ1v) is 4.44. The number of rotatable bonds is 4. The topological polar surface area (TPSA) is 81.6 Å². The Morgan fingerprint density at radius 2 is 2.46 bits per heavy atom. The van der Waals surface area contributed by atoms with E-state index < -0.39 is 18.1 Å². The van der Waals surface area contributed by atoms with Crippen molar-refractivity contribution in [3.05, 3.63) is 0 Å². The van der Waals surface area contributed by atoms with Crippen LogP contribution in [0.25, 0.3) is 0 Å². The second-order valence-electron chi connectivity index (χ2n) is 3.59. The minimum Gasteiger partial charge on any atom is -0.480 e. The predicted octanol–water partition coefficient (Wildman–Crippen LogP) is -0.879. The molecule has 0 amide bonds. The van der Waals surface area contributed by atoms with Gasteiger partial charge in [-0.25, -0.2) is 0 Å². The summed E-state index contributed by atoms with van der Waals surface area (Å²) in [6.07, 6.45) is 1.95. The number of nitrogens with one attached hydrogen (secondary N) is 2. The average molecular weight is 188 g/mol. The van der Waals surface area contributed by atoms with Gasteiger partial charge in [0.05, 0.1) is 12.8 Å². The Balaban J connectivity index is 2.51. The zero-order valence-electron chi connectivity index (χ0n) is 7.71. The van der Waals surface area contributed by atoms with Crippen LogP contribution in [0.4, 0.5) is 0 Å². The van der Waals surface area contributed by atoms with Crippen molar-refractivity contribution in [1.82, 2.24) is 10.6 Å². The van der Waals surface area contributed by atoms with E-state index in [9.17, 15) is 4.79 Å². The normalized spacial score (nSPS) is 27.1. The van der Waals surface area contributed by atoms with E-state index >= 15 is 0 Å². The van der Waals surface area contributed by atoms with Gasteiger partial charge in [0.2, 0.25) is 0 Å². The van der Waals surface area contributed by atoms with Crippen LogP contribution in [0.15, 0.2) is 0 Å². The van der Waals surface area contributed by atoms with E-state index in [0.29, 0.717) is 0 Å². The third-order valence-corrected chi connectivity index (χ3v) is 2.34. The maximum Gasteiger partial charge on any atom is 0.326 e. The molecule has 5 nitrogen and oxygen atoms in total. The first kappa shape index (κ1) is 10.4. The molecule has 1 saturated heterocycles. The van der Waals surface area contributed by atoms with Gasteiger partial charge >= 0.3 is 5.97 Å². The van der Waals surface area contributed by atoms with Crippen LogP contribution in [0.2, 0.25) is 0 Å². The summed E-state index contributed by atoms with van der Waals surface area (Å²) in [5.41, 5.74) is -1.23. The zero-order chi connectivity index (χ0) is 9.90. The van der Waals surface area contributed by atoms with E-state index in [1.807, 2.05) is 0 Å². The number of aliphatic hydroxyl groups excluding tert-OH is 1. The third-order valence-electron chi connectivity index (χ3n) is 2.34. The van der Waals surface area contributed by atoms with E-state index in [1.165, 1.54) is 6.92 Å². The fraction of sp³-hybridized carbons (Fsp3) is 0.875. The quantitative estimate of drug-likeness (QED) is 0.460. The van der Waals surface area contributed by atoms with Gasteiger partial charge in [-0.3, -0.25) is 10.1 Å². The van der Waals surface area contributed by atoms with Crippen LogP contribution in [-0.2, 0) is 4.79 Å². The Bertz CT molecular complexity index is 192. The minimum absolute atomic E-state index is 0.00764. The predicted molar refractivity (Wildman–Crippen MR) is 47.3 cm³/mol. The summed E-state index contributed by atoms with van der Waals surface area (Å²) < 4.78 is 0. The van der Waals surface area contributed by atoms with Gasteiger partial charge in [0.1, 0.15) is 5.54 Å². The highest BCUT2D eigenvalue weighted by Gasteiger charge is 2.35. The maximum absolute atomic E-state index is 10.8. The van der Waals surface area contributed by atoms with Crippen LogP contribution in [0, 0.1) is 0 Å². The largest absolute Gasteiger partial charge is 0.480 e. The lowest BCUT2D eigenvalue weighted by Crippen LogP contribution is -2.58. The van der Waals surface area contributed by atoms with Gasteiger partial charge in [0.25, 0.3) is 0 Å². The molecule has 1 aliphatic rings. The molecule has 4 N–H and O–H groups in total. The summed E-state index contributed by atoms with van der Waals surface area (Å²) in [6.45, 7) is 1.98. The molecule has 1 unspecified atom stereocenters. The Kier molecular flexibility index (Phi) is 3.24. The van der Waals surface area contributed by atoms with Crippen molar-refractivity contribution in [1.29, 1.82) is 0 Å². The van der Waals surface area contributed by atoms with Crippen LogP contribution in [0.1, 0.15) is 19.8 Å². The highest BCUT2D eigenvalue weighted by molar-refractivity contribution is 5.78. The highest BCUT2D eigenvalue weighted by Crippen LogP contribution is 2.09. The summed E-state index contributed by atoms with van der Waals surface area (Å²) in [5, 5.41) is 23.8. The molecule has 5 heteroatoms.